The van der Waals surface area contributed by atoms with Crippen LogP contribution >= 0.6 is 0 Å². The minimum Gasteiger partial charge on any atom is -0.382 e. The number of nitrogens with two attached hydrogens (primary N) is 1. The number of alkyl halides is 3. The molecule has 4 N–H and O–H groups in total. The van der Waals surface area contributed by atoms with Crippen molar-refractivity contribution in [2.75, 3.05) is 5.43 Å². The van der Waals surface area contributed by atoms with Crippen molar-refractivity contribution in [2.45, 2.75) is 6.18 Å². The summed E-state index contributed by atoms with van der Waals surface area (Å²) in [4.78, 5) is 0. The number of halogens is 3. The van der Waals surface area contributed by atoms with Crippen LogP contribution in [-0.4, -0.2) is 21.3 Å². The van der Waals surface area contributed by atoms with E-state index in [2.05, 4.69) is 15.6 Å². The standard InChI is InChI=1S/C13H10F3N7/c14-13(15,16)8-6-20-23(7-8)10-3-1-9(2-4-10)21-22-11(5-17)12(18)19/h1-4,6-7,21H,(H3,18,19)/b22-11+. The lowest BCUT2D eigenvalue weighted by atomic mass is 10.3. The van der Waals surface area contributed by atoms with Gasteiger partial charge in [0.15, 0.2) is 5.84 Å². The van der Waals surface area contributed by atoms with E-state index in [9.17, 15) is 13.2 Å². The Balaban J connectivity index is 2.16. The number of benzene rings is 1. The van der Waals surface area contributed by atoms with E-state index < -0.39 is 17.6 Å². The van der Waals surface area contributed by atoms with Gasteiger partial charge in [-0.3, -0.25) is 10.8 Å². The molecule has 0 aliphatic rings. The molecular weight excluding hydrogens is 311 g/mol. The molecule has 0 spiro atoms. The Bertz CT molecular complexity index is 781. The van der Waals surface area contributed by atoms with Crippen molar-refractivity contribution in [3.63, 3.8) is 0 Å². The maximum atomic E-state index is 12.5. The molecule has 0 saturated carbocycles. The zero-order chi connectivity index (χ0) is 17.0. The Morgan fingerprint density at radius 1 is 1.35 bits per heavy atom. The number of aromatic nitrogens is 2. The fourth-order valence-corrected chi connectivity index (χ4v) is 1.57. The fraction of sp³-hybridized carbons (Fsp3) is 0.0769. The first-order chi connectivity index (χ1) is 10.8. The van der Waals surface area contributed by atoms with Crippen LogP contribution in [0.4, 0.5) is 18.9 Å². The average molecular weight is 321 g/mol. The third-order valence-corrected chi connectivity index (χ3v) is 2.70. The van der Waals surface area contributed by atoms with Gasteiger partial charge >= 0.3 is 6.18 Å². The summed E-state index contributed by atoms with van der Waals surface area (Å²) in [5.74, 6) is -0.479. The third-order valence-electron chi connectivity index (χ3n) is 2.70. The van der Waals surface area contributed by atoms with Crippen LogP contribution in [0, 0.1) is 16.7 Å². The first kappa shape index (κ1) is 16.0. The molecule has 0 aliphatic carbocycles. The Labute approximate surface area is 128 Å². The molecular formula is C13H10F3N7. The quantitative estimate of drug-likeness (QED) is 0.454. The normalized spacial score (nSPS) is 11.8. The first-order valence-electron chi connectivity index (χ1n) is 6.12. The van der Waals surface area contributed by atoms with E-state index in [4.69, 9.17) is 16.4 Å². The molecule has 0 radical (unpaired) electrons. The highest BCUT2D eigenvalue weighted by Crippen LogP contribution is 2.29. The Morgan fingerprint density at radius 2 is 2.00 bits per heavy atom. The van der Waals surface area contributed by atoms with Crippen LogP contribution in [0.15, 0.2) is 41.8 Å². The second-order valence-corrected chi connectivity index (χ2v) is 4.32. The van der Waals surface area contributed by atoms with E-state index in [-0.39, 0.29) is 5.71 Å². The summed E-state index contributed by atoms with van der Waals surface area (Å²) < 4.78 is 38.7. The molecule has 1 aromatic carbocycles. The fourth-order valence-electron chi connectivity index (χ4n) is 1.57. The molecule has 0 amide bonds. The molecule has 0 unspecified atom stereocenters. The summed E-state index contributed by atoms with van der Waals surface area (Å²) >= 11 is 0. The van der Waals surface area contributed by atoms with Crippen molar-refractivity contribution >= 4 is 17.2 Å². The minimum atomic E-state index is -4.45. The summed E-state index contributed by atoms with van der Waals surface area (Å²) in [6.07, 6.45) is -2.83. The van der Waals surface area contributed by atoms with Gasteiger partial charge in [-0.25, -0.2) is 4.68 Å². The molecule has 0 atom stereocenters. The van der Waals surface area contributed by atoms with E-state index in [1.54, 1.807) is 6.07 Å². The molecule has 2 aromatic rings. The van der Waals surface area contributed by atoms with Gasteiger partial charge in [-0.05, 0) is 24.3 Å². The van der Waals surface area contributed by atoms with Gasteiger partial charge in [0.25, 0.3) is 0 Å². The van der Waals surface area contributed by atoms with Gasteiger partial charge in [0.1, 0.15) is 6.07 Å². The smallest absolute Gasteiger partial charge is 0.382 e. The lowest BCUT2D eigenvalue weighted by Crippen LogP contribution is -2.21. The lowest BCUT2D eigenvalue weighted by Gasteiger charge is -2.05. The molecule has 0 saturated heterocycles. The number of hydrogen-bond acceptors (Lipinski definition) is 5. The zero-order valence-corrected chi connectivity index (χ0v) is 11.5. The monoisotopic (exact) mass is 321 g/mol. The van der Waals surface area contributed by atoms with Crippen molar-refractivity contribution < 1.29 is 13.2 Å². The summed E-state index contributed by atoms with van der Waals surface area (Å²) in [5.41, 5.74) is 7.41. The SMILES string of the molecule is N#C/C(=N\Nc1ccc(-n2cc(C(F)(F)F)cn2)cc1)C(=N)N. The lowest BCUT2D eigenvalue weighted by molar-refractivity contribution is -0.137. The second kappa shape index (κ2) is 6.18. The molecule has 23 heavy (non-hydrogen) atoms. The molecule has 2 rings (SSSR count). The van der Waals surface area contributed by atoms with Crippen molar-refractivity contribution in [3.05, 3.63) is 42.2 Å². The van der Waals surface area contributed by atoms with Gasteiger partial charge in [0.05, 0.1) is 23.1 Å². The van der Waals surface area contributed by atoms with Crippen molar-refractivity contribution in [2.24, 2.45) is 10.8 Å². The van der Waals surface area contributed by atoms with E-state index in [1.807, 2.05) is 0 Å². The maximum Gasteiger partial charge on any atom is 0.419 e. The summed E-state index contributed by atoms with van der Waals surface area (Å²) in [5, 5.41) is 23.1. The molecule has 0 fully saturated rings. The predicted molar refractivity (Wildman–Crippen MR) is 77.2 cm³/mol. The molecule has 7 nitrogen and oxygen atoms in total. The van der Waals surface area contributed by atoms with Crippen molar-refractivity contribution in [3.8, 4) is 11.8 Å². The Morgan fingerprint density at radius 3 is 2.48 bits per heavy atom. The van der Waals surface area contributed by atoms with E-state index in [1.165, 1.54) is 24.3 Å². The van der Waals surface area contributed by atoms with Gasteiger partial charge < -0.3 is 5.73 Å². The number of anilines is 1. The number of amidine groups is 1. The molecule has 118 valence electrons. The van der Waals surface area contributed by atoms with Crippen molar-refractivity contribution in [1.82, 2.24) is 9.78 Å². The van der Waals surface area contributed by atoms with Gasteiger partial charge in [-0.1, -0.05) is 0 Å². The molecule has 1 heterocycles. The topological polar surface area (TPSA) is 116 Å². The highest BCUT2D eigenvalue weighted by molar-refractivity contribution is 6.45. The van der Waals surface area contributed by atoms with Gasteiger partial charge in [-0.2, -0.15) is 28.6 Å². The summed E-state index contributed by atoms with van der Waals surface area (Å²) in [6, 6.07) is 7.74. The average Bonchev–Trinajstić information content (AvgIpc) is 2.98. The van der Waals surface area contributed by atoms with Gasteiger partial charge in [-0.15, -0.1) is 0 Å². The van der Waals surface area contributed by atoms with E-state index >= 15 is 0 Å². The Hall–Kier alpha value is -3.35. The van der Waals surface area contributed by atoms with Crippen LogP contribution in [0.2, 0.25) is 0 Å². The van der Waals surface area contributed by atoms with Crippen molar-refractivity contribution in [1.29, 1.82) is 10.7 Å². The zero-order valence-electron chi connectivity index (χ0n) is 11.5. The van der Waals surface area contributed by atoms with Gasteiger partial charge in [0, 0.05) is 6.20 Å². The van der Waals surface area contributed by atoms with Crippen LogP contribution in [0.5, 0.6) is 0 Å². The number of hydrazone groups is 1. The third kappa shape index (κ3) is 3.85. The second-order valence-electron chi connectivity index (χ2n) is 4.32. The number of nitriles is 1. The molecule has 10 heteroatoms. The number of hydrogen-bond donors (Lipinski definition) is 3. The highest BCUT2D eigenvalue weighted by atomic mass is 19.4. The van der Waals surface area contributed by atoms with Crippen LogP contribution in [0.1, 0.15) is 5.56 Å². The molecule has 1 aromatic heterocycles. The number of rotatable bonds is 4. The minimum absolute atomic E-state index is 0.282. The van der Waals surface area contributed by atoms with Crippen LogP contribution in [-0.2, 0) is 6.18 Å². The van der Waals surface area contributed by atoms with Crippen LogP contribution in [0.3, 0.4) is 0 Å². The summed E-state index contributed by atoms with van der Waals surface area (Å²) in [7, 11) is 0. The molecule has 0 aliphatic heterocycles. The van der Waals surface area contributed by atoms with Crippen LogP contribution < -0.4 is 11.2 Å². The summed E-state index contributed by atoms with van der Waals surface area (Å²) in [6.45, 7) is 0. The van der Waals surface area contributed by atoms with E-state index in [0.717, 1.165) is 17.1 Å². The molecule has 0 bridgehead atoms. The predicted octanol–water partition coefficient (Wildman–Crippen LogP) is 2.12. The van der Waals surface area contributed by atoms with E-state index in [0.29, 0.717) is 11.4 Å². The Kier molecular flexibility index (Phi) is 4.31. The maximum absolute atomic E-state index is 12.5. The number of nitrogens with zero attached hydrogens (tertiary/aromatic N) is 4. The largest absolute Gasteiger partial charge is 0.419 e. The van der Waals surface area contributed by atoms with Gasteiger partial charge in [0.2, 0.25) is 5.71 Å². The number of nitrogens with one attached hydrogen (secondary N) is 2. The highest BCUT2D eigenvalue weighted by Gasteiger charge is 2.32. The first-order valence-corrected chi connectivity index (χ1v) is 6.12. The van der Waals surface area contributed by atoms with Crippen LogP contribution in [0.25, 0.3) is 5.69 Å².